The molecule has 0 aromatic carbocycles. The molecule has 76 valence electrons. The van der Waals surface area contributed by atoms with Gasteiger partial charge in [-0.3, -0.25) is 0 Å². The quantitative estimate of drug-likeness (QED) is 0.301. The van der Waals surface area contributed by atoms with Crippen LogP contribution in [0.2, 0.25) is 0 Å². The summed E-state index contributed by atoms with van der Waals surface area (Å²) in [5.41, 5.74) is 1.36. The number of rotatable bonds is 5. The standard InChI is InChI=1S/C8H14I2N3/c1-3-4-7-5-11-12-8(7)13(6-9)10-2/h5H,3-4,6H2,1-2H3,(H,11,12)/q-1. The fourth-order valence-electron chi connectivity index (χ4n) is 1.16. The minimum absolute atomic E-state index is 0.115. The van der Waals surface area contributed by atoms with Gasteiger partial charge < -0.3 is 0 Å². The van der Waals surface area contributed by atoms with Crippen LogP contribution in [0, 0.1) is 0 Å². The molecule has 1 aromatic heterocycles. The van der Waals surface area contributed by atoms with E-state index in [0.29, 0.717) is 0 Å². The van der Waals surface area contributed by atoms with Crippen LogP contribution in [0.15, 0.2) is 6.20 Å². The number of hydrogen-bond donors (Lipinski definition) is 1. The van der Waals surface area contributed by atoms with Gasteiger partial charge in [-0.2, -0.15) is 0 Å². The van der Waals surface area contributed by atoms with Crippen molar-refractivity contribution in [2.45, 2.75) is 19.8 Å². The summed E-state index contributed by atoms with van der Waals surface area (Å²) in [6.45, 7) is 2.20. The Kier molecular flexibility index (Phi) is 5.37. The van der Waals surface area contributed by atoms with Crippen molar-refractivity contribution in [1.82, 2.24) is 10.2 Å². The van der Waals surface area contributed by atoms with Gasteiger partial charge in [-0.1, -0.05) is 0 Å². The summed E-state index contributed by atoms with van der Waals surface area (Å²) in [5.74, 6) is 1.24. The van der Waals surface area contributed by atoms with Crippen molar-refractivity contribution in [3.8, 4) is 0 Å². The first kappa shape index (κ1) is 11.5. The number of hydrogen-bond acceptors (Lipinski definition) is 2. The zero-order valence-electron chi connectivity index (χ0n) is 7.85. The third kappa shape index (κ3) is 2.97. The molecule has 0 unspecified atom stereocenters. The summed E-state index contributed by atoms with van der Waals surface area (Å²) >= 11 is 2.52. The van der Waals surface area contributed by atoms with Crippen molar-refractivity contribution in [2.24, 2.45) is 0 Å². The number of anilines is 1. The Morgan fingerprint density at radius 2 is 2.46 bits per heavy atom. The van der Waals surface area contributed by atoms with E-state index in [9.17, 15) is 0 Å². The van der Waals surface area contributed by atoms with Gasteiger partial charge in [-0.15, -0.1) is 0 Å². The van der Waals surface area contributed by atoms with Crippen molar-refractivity contribution in [1.29, 1.82) is 0 Å². The van der Waals surface area contributed by atoms with E-state index in [2.05, 4.69) is 47.8 Å². The number of aromatic nitrogens is 2. The van der Waals surface area contributed by atoms with Crippen LogP contribution in [0.25, 0.3) is 0 Å². The maximum absolute atomic E-state index is 4.11. The van der Waals surface area contributed by atoms with Crippen molar-refractivity contribution in [2.75, 3.05) is 12.6 Å². The number of aryl methyl sites for hydroxylation is 1. The average Bonchev–Trinajstić information content (AvgIpc) is 2.57. The SMILES string of the molecule is CCCc1cn[nH]c1N(CI)[I-]C. The minimum atomic E-state index is 0.115. The second-order valence-corrected chi connectivity index (χ2v) is 5.46. The molecule has 0 spiro atoms. The average molecular weight is 406 g/mol. The molecule has 0 amide bonds. The van der Waals surface area contributed by atoms with Crippen LogP contribution < -0.4 is 24.6 Å². The van der Waals surface area contributed by atoms with Gasteiger partial charge in [0.2, 0.25) is 0 Å². The summed E-state index contributed by atoms with van der Waals surface area (Å²) in [7, 11) is 0. The zero-order chi connectivity index (χ0) is 9.68. The molecule has 0 bridgehead atoms. The summed E-state index contributed by atoms with van der Waals surface area (Å²) < 4.78 is 3.46. The molecule has 1 rings (SSSR count). The van der Waals surface area contributed by atoms with Gasteiger partial charge >= 0.3 is 104 Å². The molecule has 1 N–H and O–H groups in total. The molecule has 5 heteroatoms. The molecular weight excluding hydrogens is 392 g/mol. The molecule has 0 saturated carbocycles. The van der Waals surface area contributed by atoms with Crippen molar-refractivity contribution >= 4 is 28.4 Å². The molecule has 0 aliphatic heterocycles. The van der Waals surface area contributed by atoms with Gasteiger partial charge in [0.05, 0.1) is 0 Å². The number of nitrogens with one attached hydrogen (secondary N) is 1. The molecule has 0 saturated heterocycles. The summed E-state index contributed by atoms with van der Waals surface area (Å²) in [6.07, 6.45) is 4.27. The Morgan fingerprint density at radius 3 is 3.00 bits per heavy atom. The fourth-order valence-corrected chi connectivity index (χ4v) is 4.39. The number of halogens is 2. The molecule has 0 atom stereocenters. The van der Waals surface area contributed by atoms with E-state index in [1.54, 1.807) is 0 Å². The van der Waals surface area contributed by atoms with E-state index in [0.717, 1.165) is 11.0 Å². The molecule has 1 aromatic rings. The molecule has 0 aliphatic rings. The third-order valence-electron chi connectivity index (χ3n) is 1.77. The van der Waals surface area contributed by atoms with E-state index in [1.807, 2.05) is 6.20 Å². The molecule has 13 heavy (non-hydrogen) atoms. The number of H-pyrrole nitrogens is 1. The van der Waals surface area contributed by atoms with E-state index in [-0.39, 0.29) is 21.5 Å². The number of nitrogens with zero attached hydrogens (tertiary/aromatic N) is 2. The Morgan fingerprint density at radius 1 is 1.69 bits per heavy atom. The van der Waals surface area contributed by atoms with Crippen LogP contribution in [-0.2, 0) is 6.42 Å². The van der Waals surface area contributed by atoms with Crippen LogP contribution in [-0.4, -0.2) is 19.7 Å². The Labute approximate surface area is 103 Å². The van der Waals surface area contributed by atoms with E-state index in [1.165, 1.54) is 17.8 Å². The molecule has 3 nitrogen and oxygen atoms in total. The molecule has 0 radical (unpaired) electrons. The van der Waals surface area contributed by atoms with Crippen LogP contribution >= 0.6 is 22.6 Å². The Bertz CT molecular complexity index is 245. The van der Waals surface area contributed by atoms with Crippen LogP contribution in [0.4, 0.5) is 5.82 Å². The van der Waals surface area contributed by atoms with E-state index >= 15 is 0 Å². The van der Waals surface area contributed by atoms with E-state index in [4.69, 9.17) is 0 Å². The van der Waals surface area contributed by atoms with Gasteiger partial charge in [0.25, 0.3) is 0 Å². The summed E-state index contributed by atoms with van der Waals surface area (Å²) in [6, 6.07) is 0. The van der Waals surface area contributed by atoms with Gasteiger partial charge in [0, 0.05) is 0 Å². The van der Waals surface area contributed by atoms with Gasteiger partial charge in [-0.25, -0.2) is 0 Å². The van der Waals surface area contributed by atoms with Crippen LogP contribution in [0.3, 0.4) is 0 Å². The molecule has 0 aliphatic carbocycles. The van der Waals surface area contributed by atoms with Crippen molar-refractivity contribution in [3.05, 3.63) is 11.8 Å². The fraction of sp³-hybridized carbons (Fsp3) is 0.625. The first-order valence-electron chi connectivity index (χ1n) is 4.19. The Hall–Kier alpha value is 0.470. The van der Waals surface area contributed by atoms with Gasteiger partial charge in [0.15, 0.2) is 0 Å². The number of aromatic amines is 1. The second kappa shape index (κ2) is 6.05. The number of alkyl halides is 2. The van der Waals surface area contributed by atoms with Crippen LogP contribution in [0.5, 0.6) is 0 Å². The van der Waals surface area contributed by atoms with Gasteiger partial charge in [-0.05, 0) is 0 Å². The monoisotopic (exact) mass is 406 g/mol. The molecule has 0 fully saturated rings. The van der Waals surface area contributed by atoms with Crippen molar-refractivity contribution in [3.63, 3.8) is 0 Å². The second-order valence-electron chi connectivity index (χ2n) is 2.64. The van der Waals surface area contributed by atoms with Crippen molar-refractivity contribution < 1.29 is 21.5 Å². The normalized spacial score (nSPS) is 10.7. The first-order valence-corrected chi connectivity index (χ1v) is 8.83. The summed E-state index contributed by atoms with van der Waals surface area (Å²) in [5, 5.41) is 7.20. The molecular formula is C8H14I2N3-. The first-order chi connectivity index (χ1) is 6.33. The molecule has 1 heterocycles. The zero-order valence-corrected chi connectivity index (χ0v) is 12.2. The predicted octanol–water partition coefficient (Wildman–Crippen LogP) is -0.805. The predicted molar refractivity (Wildman–Crippen MR) is 59.9 cm³/mol. The topological polar surface area (TPSA) is 31.9 Å². The summed E-state index contributed by atoms with van der Waals surface area (Å²) in [4.78, 5) is 2.27. The van der Waals surface area contributed by atoms with Crippen LogP contribution in [0.1, 0.15) is 18.9 Å². The van der Waals surface area contributed by atoms with Gasteiger partial charge in [0.1, 0.15) is 0 Å². The third-order valence-corrected chi connectivity index (χ3v) is 5.74. The maximum atomic E-state index is 4.11. The Balaban J connectivity index is 2.78. The van der Waals surface area contributed by atoms with E-state index < -0.39 is 0 Å².